The van der Waals surface area contributed by atoms with Crippen molar-refractivity contribution in [1.82, 2.24) is 4.98 Å². The van der Waals surface area contributed by atoms with Gasteiger partial charge in [-0.15, -0.1) is 0 Å². The maximum absolute atomic E-state index is 13.9. The Hall–Kier alpha value is -3.08. The lowest BCUT2D eigenvalue weighted by Gasteiger charge is -2.09. The number of pyridine rings is 1. The summed E-state index contributed by atoms with van der Waals surface area (Å²) in [4.78, 5) is 16.3. The summed E-state index contributed by atoms with van der Waals surface area (Å²) in [5.74, 6) is -2.33. The predicted molar refractivity (Wildman–Crippen MR) is 91.3 cm³/mol. The predicted octanol–water partition coefficient (Wildman–Crippen LogP) is 4.70. The Morgan fingerprint density at radius 1 is 1.04 bits per heavy atom. The third-order valence-corrected chi connectivity index (χ3v) is 4.47. The van der Waals surface area contributed by atoms with Gasteiger partial charge in [0.2, 0.25) is 0 Å². The van der Waals surface area contributed by atoms with E-state index in [0.717, 1.165) is 0 Å². The lowest BCUT2D eigenvalue weighted by atomic mass is 10.0. The van der Waals surface area contributed by atoms with Crippen molar-refractivity contribution < 1.29 is 18.7 Å². The van der Waals surface area contributed by atoms with Gasteiger partial charge in [0, 0.05) is 10.9 Å². The van der Waals surface area contributed by atoms with Crippen LogP contribution < -0.4 is 0 Å². The highest BCUT2D eigenvalue weighted by atomic mass is 19.1. The maximum atomic E-state index is 13.9. The summed E-state index contributed by atoms with van der Waals surface area (Å²) in [6.45, 7) is 0. The molecule has 1 aromatic heterocycles. The smallest absolute Gasteiger partial charge is 0.336 e. The van der Waals surface area contributed by atoms with E-state index in [9.17, 15) is 18.7 Å². The molecule has 1 N–H and O–H groups in total. The van der Waals surface area contributed by atoms with Crippen molar-refractivity contribution in [3.63, 3.8) is 0 Å². The zero-order valence-electron chi connectivity index (χ0n) is 13.1. The average molecular weight is 337 g/mol. The van der Waals surface area contributed by atoms with Crippen molar-refractivity contribution in [2.45, 2.75) is 12.8 Å². The Morgan fingerprint density at radius 2 is 1.76 bits per heavy atom. The number of carbonyl (C=O) groups is 1. The molecule has 25 heavy (non-hydrogen) atoms. The van der Waals surface area contributed by atoms with E-state index >= 15 is 0 Å². The molecule has 5 heteroatoms. The summed E-state index contributed by atoms with van der Waals surface area (Å²) in [5.41, 5.74) is 2.43. The normalized spacial score (nSPS) is 14.9. The molecule has 0 aliphatic heterocycles. The molecule has 1 aliphatic rings. The van der Waals surface area contributed by atoms with E-state index in [4.69, 9.17) is 0 Å². The Balaban J connectivity index is 1.97. The highest BCUT2D eigenvalue weighted by Gasteiger charge is 2.27. The largest absolute Gasteiger partial charge is 0.478 e. The van der Waals surface area contributed by atoms with Gasteiger partial charge in [-0.2, -0.15) is 0 Å². The number of halogens is 2. The van der Waals surface area contributed by atoms with Crippen molar-refractivity contribution >= 4 is 28.5 Å². The molecule has 1 heterocycles. The standard InChI is InChI=1S/C20H13F2NO2/c21-15-5-3-6-16(22)14(15)10-11-8-9-13-18(20(24)25)12-4-1-2-7-17(12)23-19(11)13/h1-7,10H,8-9H2,(H,24,25)/b11-10-. The van der Waals surface area contributed by atoms with Crippen LogP contribution in [0.5, 0.6) is 0 Å². The molecule has 2 aromatic carbocycles. The molecule has 0 saturated heterocycles. The quantitative estimate of drug-likeness (QED) is 0.737. The van der Waals surface area contributed by atoms with E-state index in [1.807, 2.05) is 0 Å². The van der Waals surface area contributed by atoms with Crippen LogP contribution >= 0.6 is 0 Å². The fourth-order valence-electron chi connectivity index (χ4n) is 3.35. The molecule has 3 nitrogen and oxygen atoms in total. The minimum atomic E-state index is -1.02. The molecule has 4 rings (SSSR count). The second-order valence-corrected chi connectivity index (χ2v) is 5.94. The third-order valence-electron chi connectivity index (χ3n) is 4.47. The van der Waals surface area contributed by atoms with Crippen LogP contribution in [0, 0.1) is 11.6 Å². The first-order valence-corrected chi connectivity index (χ1v) is 7.86. The lowest BCUT2D eigenvalue weighted by molar-refractivity contribution is 0.0698. The molecule has 0 amide bonds. The van der Waals surface area contributed by atoms with E-state index in [1.165, 1.54) is 24.3 Å². The summed E-state index contributed by atoms with van der Waals surface area (Å²) in [6, 6.07) is 10.7. The van der Waals surface area contributed by atoms with Crippen LogP contribution in [0.4, 0.5) is 8.78 Å². The average Bonchev–Trinajstić information content (AvgIpc) is 2.98. The van der Waals surface area contributed by atoms with E-state index in [1.54, 1.807) is 24.3 Å². The van der Waals surface area contributed by atoms with Crippen LogP contribution in [0.1, 0.15) is 33.6 Å². The summed E-state index contributed by atoms with van der Waals surface area (Å²) in [5, 5.41) is 10.2. The molecule has 0 spiro atoms. The van der Waals surface area contributed by atoms with Gasteiger partial charge in [-0.1, -0.05) is 24.3 Å². The topological polar surface area (TPSA) is 50.2 Å². The number of fused-ring (bicyclic) bond motifs is 2. The van der Waals surface area contributed by atoms with E-state index in [-0.39, 0.29) is 11.1 Å². The Kier molecular flexibility index (Phi) is 3.57. The molecular weight excluding hydrogens is 324 g/mol. The SMILES string of the molecule is O=C(O)c1c2c(nc3ccccc13)/C(=C\c1c(F)cccc1F)CC2. The first-order chi connectivity index (χ1) is 12.1. The second kappa shape index (κ2) is 5.77. The van der Waals surface area contributed by atoms with Crippen molar-refractivity contribution in [3.05, 3.63) is 76.5 Å². The molecule has 0 radical (unpaired) electrons. The monoisotopic (exact) mass is 337 g/mol. The van der Waals surface area contributed by atoms with Crippen LogP contribution in [-0.4, -0.2) is 16.1 Å². The number of aromatic carboxylic acids is 1. The zero-order chi connectivity index (χ0) is 17.6. The Morgan fingerprint density at radius 3 is 2.48 bits per heavy atom. The fraction of sp³-hybridized carbons (Fsp3) is 0.100. The number of hydrogen-bond donors (Lipinski definition) is 1. The molecule has 1 aliphatic carbocycles. The molecule has 124 valence electrons. The number of carboxylic acid groups (broad SMARTS) is 1. The number of nitrogens with zero attached hydrogens (tertiary/aromatic N) is 1. The van der Waals surface area contributed by atoms with Gasteiger partial charge in [-0.05, 0) is 48.3 Å². The van der Waals surface area contributed by atoms with E-state index in [0.29, 0.717) is 40.6 Å². The van der Waals surface area contributed by atoms with Crippen molar-refractivity contribution in [2.75, 3.05) is 0 Å². The zero-order valence-corrected chi connectivity index (χ0v) is 13.1. The van der Waals surface area contributed by atoms with Gasteiger partial charge in [0.1, 0.15) is 11.6 Å². The van der Waals surface area contributed by atoms with E-state index < -0.39 is 17.6 Å². The molecule has 0 unspecified atom stereocenters. The van der Waals surface area contributed by atoms with Gasteiger partial charge in [-0.3, -0.25) is 0 Å². The Labute approximate surface area is 142 Å². The third kappa shape index (κ3) is 2.48. The summed E-state index contributed by atoms with van der Waals surface area (Å²) in [7, 11) is 0. The first kappa shape index (κ1) is 15.4. The molecule has 3 aromatic rings. The van der Waals surface area contributed by atoms with Gasteiger partial charge in [-0.25, -0.2) is 18.6 Å². The van der Waals surface area contributed by atoms with Crippen molar-refractivity contribution in [1.29, 1.82) is 0 Å². The molecule has 0 bridgehead atoms. The molecule has 0 saturated carbocycles. The lowest BCUT2D eigenvalue weighted by Crippen LogP contribution is -2.05. The molecular formula is C20H13F2NO2. The van der Waals surface area contributed by atoms with Crippen LogP contribution in [-0.2, 0) is 6.42 Å². The number of aromatic nitrogens is 1. The minimum absolute atomic E-state index is 0.128. The first-order valence-electron chi connectivity index (χ1n) is 7.86. The fourth-order valence-corrected chi connectivity index (χ4v) is 3.35. The van der Waals surface area contributed by atoms with E-state index in [2.05, 4.69) is 4.98 Å². The van der Waals surface area contributed by atoms with Gasteiger partial charge in [0.05, 0.1) is 16.8 Å². The minimum Gasteiger partial charge on any atom is -0.478 e. The number of allylic oxidation sites excluding steroid dienone is 1. The van der Waals surface area contributed by atoms with Gasteiger partial charge >= 0.3 is 5.97 Å². The van der Waals surface area contributed by atoms with Gasteiger partial charge in [0.15, 0.2) is 0 Å². The number of rotatable bonds is 2. The second-order valence-electron chi connectivity index (χ2n) is 5.94. The number of para-hydroxylation sites is 1. The number of benzene rings is 2. The highest BCUT2D eigenvalue weighted by Crippen LogP contribution is 2.37. The molecule has 0 fully saturated rings. The van der Waals surface area contributed by atoms with Crippen LogP contribution in [0.25, 0.3) is 22.6 Å². The summed E-state index contributed by atoms with van der Waals surface area (Å²) >= 11 is 0. The van der Waals surface area contributed by atoms with Crippen LogP contribution in [0.3, 0.4) is 0 Å². The van der Waals surface area contributed by atoms with Crippen LogP contribution in [0.2, 0.25) is 0 Å². The van der Waals surface area contributed by atoms with Crippen molar-refractivity contribution in [2.24, 2.45) is 0 Å². The van der Waals surface area contributed by atoms with Crippen molar-refractivity contribution in [3.8, 4) is 0 Å². The van der Waals surface area contributed by atoms with Gasteiger partial charge < -0.3 is 5.11 Å². The summed E-state index contributed by atoms with van der Waals surface area (Å²) in [6.07, 6.45) is 2.41. The maximum Gasteiger partial charge on any atom is 0.336 e. The van der Waals surface area contributed by atoms with Gasteiger partial charge in [0.25, 0.3) is 0 Å². The number of carboxylic acids is 1. The van der Waals surface area contributed by atoms with Crippen LogP contribution in [0.15, 0.2) is 42.5 Å². The highest BCUT2D eigenvalue weighted by molar-refractivity contribution is 6.06. The Bertz CT molecular complexity index is 1040. The molecule has 0 atom stereocenters. The summed E-state index contributed by atoms with van der Waals surface area (Å²) < 4.78 is 27.9. The number of hydrogen-bond acceptors (Lipinski definition) is 2.